The molecule has 1 atom stereocenters. The number of ether oxygens (including phenoxy) is 1. The molecule has 1 aliphatic heterocycles. The molecule has 1 aliphatic carbocycles. The van der Waals surface area contributed by atoms with Gasteiger partial charge in [-0.25, -0.2) is 0 Å². The Labute approximate surface area is 132 Å². The van der Waals surface area contributed by atoms with Gasteiger partial charge in [-0.15, -0.1) is 10.2 Å². The predicted molar refractivity (Wildman–Crippen MR) is 83.5 cm³/mol. The van der Waals surface area contributed by atoms with Crippen LogP contribution in [0.4, 0.5) is 0 Å². The molecule has 3 rings (SSSR count). The van der Waals surface area contributed by atoms with Gasteiger partial charge in [0.15, 0.2) is 0 Å². The fraction of sp³-hybridized carbons (Fsp3) is 0.875. The van der Waals surface area contributed by atoms with Crippen molar-refractivity contribution in [3.63, 3.8) is 0 Å². The van der Waals surface area contributed by atoms with Crippen molar-refractivity contribution in [1.82, 2.24) is 19.7 Å². The second-order valence-corrected chi connectivity index (χ2v) is 7.01. The number of likely N-dealkylation sites (tertiary alicyclic amines) is 1. The third-order valence-electron chi connectivity index (χ3n) is 5.06. The van der Waals surface area contributed by atoms with E-state index in [0.29, 0.717) is 13.0 Å². The Balaban J connectivity index is 1.42. The van der Waals surface area contributed by atoms with Crippen LogP contribution < -0.4 is 0 Å². The lowest BCUT2D eigenvalue weighted by molar-refractivity contribution is -0.0408. The van der Waals surface area contributed by atoms with E-state index >= 15 is 0 Å². The number of hydrogen-bond acceptors (Lipinski definition) is 5. The molecule has 2 heterocycles. The van der Waals surface area contributed by atoms with Gasteiger partial charge in [0.2, 0.25) is 0 Å². The number of hydrogen-bond donors (Lipinski definition) is 1. The number of aliphatic hydroxyl groups is 1. The molecule has 2 fully saturated rings. The van der Waals surface area contributed by atoms with Gasteiger partial charge in [-0.3, -0.25) is 4.90 Å². The molecule has 0 radical (unpaired) electrons. The van der Waals surface area contributed by atoms with Gasteiger partial charge >= 0.3 is 0 Å². The van der Waals surface area contributed by atoms with E-state index < -0.39 is 5.60 Å². The average Bonchev–Trinajstić information content (AvgIpc) is 2.81. The summed E-state index contributed by atoms with van der Waals surface area (Å²) in [4.78, 5) is 2.32. The molecule has 22 heavy (non-hydrogen) atoms. The van der Waals surface area contributed by atoms with Crippen molar-refractivity contribution in [3.05, 3.63) is 12.2 Å². The van der Waals surface area contributed by atoms with Crippen molar-refractivity contribution >= 4 is 0 Å². The average molecular weight is 308 g/mol. The maximum Gasteiger partial charge on any atom is 0.135 e. The zero-order valence-corrected chi connectivity index (χ0v) is 13.6. The Morgan fingerprint density at radius 1 is 1.41 bits per heavy atom. The molecule has 1 N–H and O–H groups in total. The van der Waals surface area contributed by atoms with Crippen LogP contribution in [0.3, 0.4) is 0 Å². The normalized spacial score (nSPS) is 27.0. The van der Waals surface area contributed by atoms with Crippen molar-refractivity contribution in [3.8, 4) is 0 Å². The number of nitrogens with zero attached hydrogens (tertiary/aromatic N) is 4. The van der Waals surface area contributed by atoms with E-state index in [0.717, 1.165) is 50.9 Å². The number of rotatable bonds is 7. The minimum absolute atomic E-state index is 0.572. The highest BCUT2D eigenvalue weighted by atomic mass is 16.5. The highest BCUT2D eigenvalue weighted by Gasteiger charge is 2.34. The maximum absolute atomic E-state index is 10.9. The number of piperidine rings is 1. The van der Waals surface area contributed by atoms with E-state index in [2.05, 4.69) is 15.1 Å². The highest BCUT2D eigenvalue weighted by Crippen LogP contribution is 2.26. The smallest absolute Gasteiger partial charge is 0.135 e. The van der Waals surface area contributed by atoms with Gasteiger partial charge in [0.25, 0.3) is 0 Å². The van der Waals surface area contributed by atoms with E-state index in [1.54, 1.807) is 6.33 Å². The first kappa shape index (κ1) is 15.9. The van der Waals surface area contributed by atoms with Crippen LogP contribution in [-0.2, 0) is 18.2 Å². The van der Waals surface area contributed by atoms with Gasteiger partial charge < -0.3 is 14.4 Å². The Bertz CT molecular complexity index is 474. The zero-order chi connectivity index (χ0) is 15.4. The molecule has 2 aliphatic rings. The summed E-state index contributed by atoms with van der Waals surface area (Å²) >= 11 is 0. The van der Waals surface area contributed by atoms with Crippen LogP contribution in [0.5, 0.6) is 0 Å². The fourth-order valence-electron chi connectivity index (χ4n) is 3.41. The second kappa shape index (κ2) is 7.06. The summed E-state index contributed by atoms with van der Waals surface area (Å²) in [5.41, 5.74) is -0.687. The fourth-order valence-corrected chi connectivity index (χ4v) is 3.41. The minimum Gasteiger partial charge on any atom is -0.388 e. The van der Waals surface area contributed by atoms with Crippen LogP contribution in [-0.4, -0.2) is 63.2 Å². The molecule has 1 aromatic rings. The van der Waals surface area contributed by atoms with Gasteiger partial charge in [-0.1, -0.05) is 6.42 Å². The molecular formula is C16H28N4O2. The molecule has 1 saturated heterocycles. The van der Waals surface area contributed by atoms with Gasteiger partial charge in [0.05, 0.1) is 12.2 Å². The Morgan fingerprint density at radius 3 is 2.95 bits per heavy atom. The summed E-state index contributed by atoms with van der Waals surface area (Å²) in [6.07, 6.45) is 8.16. The Kier molecular flexibility index (Phi) is 5.10. The Morgan fingerprint density at radius 2 is 2.27 bits per heavy atom. The van der Waals surface area contributed by atoms with Gasteiger partial charge in [0.1, 0.15) is 12.2 Å². The number of β-amino-alcohol motifs (C(OH)–C–C–N with tert-alkyl or cyclic N) is 1. The SMILES string of the molecule is Cn1cnnc1CC1(O)CCCN(CCOCC2CCC2)C1. The molecule has 6 nitrogen and oxygen atoms in total. The summed E-state index contributed by atoms with van der Waals surface area (Å²) in [5, 5.41) is 18.9. The third-order valence-corrected chi connectivity index (χ3v) is 5.06. The highest BCUT2D eigenvalue weighted by molar-refractivity contribution is 4.98. The van der Waals surface area contributed by atoms with E-state index in [-0.39, 0.29) is 0 Å². The summed E-state index contributed by atoms with van der Waals surface area (Å²) < 4.78 is 7.67. The van der Waals surface area contributed by atoms with Gasteiger partial charge in [-0.05, 0) is 38.1 Å². The molecular weight excluding hydrogens is 280 g/mol. The molecule has 124 valence electrons. The summed E-state index contributed by atoms with van der Waals surface area (Å²) in [6, 6.07) is 0. The molecule has 6 heteroatoms. The van der Waals surface area contributed by atoms with Crippen LogP contribution >= 0.6 is 0 Å². The standard InChI is InChI=1S/C16H28N4O2/c1-19-13-17-18-15(19)10-16(21)6-3-7-20(12-16)8-9-22-11-14-4-2-5-14/h13-14,21H,2-12H2,1H3. The van der Waals surface area contributed by atoms with Crippen molar-refractivity contribution in [2.45, 2.75) is 44.1 Å². The lowest BCUT2D eigenvalue weighted by Gasteiger charge is -2.39. The predicted octanol–water partition coefficient (Wildman–Crippen LogP) is 1.00. The third kappa shape index (κ3) is 4.06. The first-order valence-electron chi connectivity index (χ1n) is 8.50. The summed E-state index contributed by atoms with van der Waals surface area (Å²) in [7, 11) is 1.92. The molecule has 1 aromatic heterocycles. The van der Waals surface area contributed by atoms with Gasteiger partial charge in [-0.2, -0.15) is 0 Å². The van der Waals surface area contributed by atoms with Gasteiger partial charge in [0, 0.05) is 33.2 Å². The lowest BCUT2D eigenvalue weighted by Crippen LogP contribution is -2.50. The van der Waals surface area contributed by atoms with E-state index in [1.807, 2.05) is 11.6 Å². The summed E-state index contributed by atoms with van der Waals surface area (Å²) in [5.74, 6) is 1.65. The van der Waals surface area contributed by atoms with Crippen LogP contribution in [0.1, 0.15) is 37.9 Å². The van der Waals surface area contributed by atoms with Crippen molar-refractivity contribution in [2.75, 3.05) is 32.8 Å². The zero-order valence-electron chi connectivity index (χ0n) is 13.6. The Hall–Kier alpha value is -0.980. The van der Waals surface area contributed by atoms with E-state index in [1.165, 1.54) is 19.3 Å². The first-order chi connectivity index (χ1) is 10.6. The van der Waals surface area contributed by atoms with Crippen molar-refractivity contribution < 1.29 is 9.84 Å². The monoisotopic (exact) mass is 308 g/mol. The minimum atomic E-state index is -0.687. The lowest BCUT2D eigenvalue weighted by atomic mass is 9.86. The molecule has 1 saturated carbocycles. The van der Waals surface area contributed by atoms with Crippen LogP contribution in [0.15, 0.2) is 6.33 Å². The molecule has 0 bridgehead atoms. The number of aryl methyl sites for hydroxylation is 1. The van der Waals surface area contributed by atoms with E-state index in [4.69, 9.17) is 4.74 Å². The van der Waals surface area contributed by atoms with E-state index in [9.17, 15) is 5.11 Å². The quantitative estimate of drug-likeness (QED) is 0.762. The second-order valence-electron chi connectivity index (χ2n) is 7.01. The number of aromatic nitrogens is 3. The topological polar surface area (TPSA) is 63.4 Å². The largest absolute Gasteiger partial charge is 0.388 e. The van der Waals surface area contributed by atoms with Crippen molar-refractivity contribution in [1.29, 1.82) is 0 Å². The summed E-state index contributed by atoms with van der Waals surface area (Å²) in [6.45, 7) is 4.35. The first-order valence-corrected chi connectivity index (χ1v) is 8.50. The maximum atomic E-state index is 10.9. The molecule has 0 amide bonds. The van der Waals surface area contributed by atoms with Crippen LogP contribution in [0.25, 0.3) is 0 Å². The molecule has 0 spiro atoms. The molecule has 1 unspecified atom stereocenters. The van der Waals surface area contributed by atoms with Crippen LogP contribution in [0.2, 0.25) is 0 Å². The van der Waals surface area contributed by atoms with Crippen molar-refractivity contribution in [2.24, 2.45) is 13.0 Å². The van der Waals surface area contributed by atoms with Crippen LogP contribution in [0, 0.1) is 5.92 Å². The molecule has 0 aromatic carbocycles.